The quantitative estimate of drug-likeness (QED) is 0.504. The van der Waals surface area contributed by atoms with Crippen LogP contribution in [0.1, 0.15) is 5.56 Å². The van der Waals surface area contributed by atoms with Crippen LogP contribution in [0.4, 0.5) is 0 Å². The van der Waals surface area contributed by atoms with Gasteiger partial charge in [0.15, 0.2) is 0 Å². The number of hydrogen-bond donors (Lipinski definition) is 2. The summed E-state index contributed by atoms with van der Waals surface area (Å²) < 4.78 is 34.4. The van der Waals surface area contributed by atoms with Crippen LogP contribution in [0.15, 0.2) is 62.6 Å². The van der Waals surface area contributed by atoms with Crippen molar-refractivity contribution in [1.82, 2.24) is 0 Å². The number of benzene rings is 2. The van der Waals surface area contributed by atoms with E-state index in [2.05, 4.69) is 0 Å². The smallest absolute Gasteiger partial charge is 0.339 e. The molecule has 0 radical (unpaired) electrons. The van der Waals surface area contributed by atoms with Crippen LogP contribution in [-0.2, 0) is 10.1 Å². The fourth-order valence-electron chi connectivity index (χ4n) is 1.81. The molecular formula is C16H13ClO6S. The molecule has 24 heavy (non-hydrogen) atoms. The minimum atomic E-state index is -4.08. The van der Waals surface area contributed by atoms with E-state index in [0.717, 1.165) is 5.39 Å². The van der Waals surface area contributed by atoms with Crippen molar-refractivity contribution in [2.45, 2.75) is 11.8 Å². The summed E-state index contributed by atoms with van der Waals surface area (Å²) in [5, 5.41) is 10.4. The van der Waals surface area contributed by atoms with Gasteiger partial charge in [0.05, 0.1) is 4.90 Å². The molecule has 2 aromatic carbocycles. The Labute approximate surface area is 142 Å². The molecule has 0 aliphatic rings. The standard InChI is InChI=1S/C10H8O3.C6H5ClO3S/c1-6-4-7-2-3-8(11)5-9(7)13-10(6)12;7-5-1-3-6(4-2-5)11(8,9)10/h2-5,11H,1H3;1-4H,(H,8,9,10). The second-order valence-corrected chi connectivity index (χ2v) is 6.73. The molecule has 126 valence electrons. The van der Waals surface area contributed by atoms with E-state index in [4.69, 9.17) is 25.7 Å². The van der Waals surface area contributed by atoms with Crippen molar-refractivity contribution < 1.29 is 22.5 Å². The van der Waals surface area contributed by atoms with E-state index in [1.165, 1.54) is 30.3 Å². The lowest BCUT2D eigenvalue weighted by molar-refractivity contribution is 0.472. The molecule has 0 fully saturated rings. The molecular weight excluding hydrogens is 356 g/mol. The number of hydrogen-bond acceptors (Lipinski definition) is 5. The Morgan fingerprint density at radius 3 is 2.25 bits per heavy atom. The Balaban J connectivity index is 0.000000177. The predicted octanol–water partition coefficient (Wildman–Crippen LogP) is 3.39. The normalized spacial score (nSPS) is 11.0. The summed E-state index contributed by atoms with van der Waals surface area (Å²) >= 11 is 5.49. The van der Waals surface area contributed by atoms with Gasteiger partial charge in [0.1, 0.15) is 11.3 Å². The Morgan fingerprint density at radius 2 is 1.67 bits per heavy atom. The molecule has 1 aromatic heterocycles. The zero-order valence-corrected chi connectivity index (χ0v) is 14.0. The molecule has 1 heterocycles. The number of fused-ring (bicyclic) bond motifs is 1. The molecule has 0 amide bonds. The number of rotatable bonds is 1. The van der Waals surface area contributed by atoms with Gasteiger partial charge in [-0.15, -0.1) is 0 Å². The number of phenols is 1. The van der Waals surface area contributed by atoms with E-state index in [1.54, 1.807) is 25.1 Å². The van der Waals surface area contributed by atoms with Gasteiger partial charge in [0, 0.05) is 22.0 Å². The Kier molecular flexibility index (Phi) is 5.28. The van der Waals surface area contributed by atoms with Gasteiger partial charge in [-0.2, -0.15) is 8.42 Å². The summed E-state index contributed by atoms with van der Waals surface area (Å²) in [7, 11) is -4.08. The summed E-state index contributed by atoms with van der Waals surface area (Å²) in [6.45, 7) is 1.69. The van der Waals surface area contributed by atoms with Crippen LogP contribution in [0, 0.1) is 6.92 Å². The van der Waals surface area contributed by atoms with Crippen LogP contribution >= 0.6 is 11.6 Å². The van der Waals surface area contributed by atoms with E-state index in [9.17, 15) is 13.2 Å². The highest BCUT2D eigenvalue weighted by Gasteiger charge is 2.07. The second-order valence-electron chi connectivity index (χ2n) is 4.87. The van der Waals surface area contributed by atoms with Crippen molar-refractivity contribution in [2.24, 2.45) is 0 Å². The third-order valence-corrected chi connectivity index (χ3v) is 4.13. The van der Waals surface area contributed by atoms with E-state index < -0.39 is 10.1 Å². The predicted molar refractivity (Wildman–Crippen MR) is 90.2 cm³/mol. The summed E-state index contributed by atoms with van der Waals surface area (Å²) in [5.74, 6) is 0.0968. The molecule has 0 aliphatic heterocycles. The van der Waals surface area contributed by atoms with E-state index >= 15 is 0 Å². The average molecular weight is 369 g/mol. The van der Waals surface area contributed by atoms with Crippen molar-refractivity contribution in [3.63, 3.8) is 0 Å². The minimum absolute atomic E-state index is 0.0968. The van der Waals surface area contributed by atoms with Crippen LogP contribution < -0.4 is 5.63 Å². The summed E-state index contributed by atoms with van der Waals surface area (Å²) in [6, 6.07) is 11.7. The maximum absolute atomic E-state index is 11.1. The molecule has 0 bridgehead atoms. The minimum Gasteiger partial charge on any atom is -0.508 e. The first-order valence-electron chi connectivity index (χ1n) is 6.63. The lowest BCUT2D eigenvalue weighted by Gasteiger charge is -1.97. The van der Waals surface area contributed by atoms with Crippen molar-refractivity contribution in [2.75, 3.05) is 0 Å². The highest BCUT2D eigenvalue weighted by Crippen LogP contribution is 2.18. The first-order valence-corrected chi connectivity index (χ1v) is 8.45. The van der Waals surface area contributed by atoms with Gasteiger partial charge in [-0.1, -0.05) is 11.6 Å². The second kappa shape index (κ2) is 7.04. The summed E-state index contributed by atoms with van der Waals surface area (Å²) in [4.78, 5) is 10.9. The van der Waals surface area contributed by atoms with Gasteiger partial charge < -0.3 is 9.52 Å². The first-order chi connectivity index (χ1) is 11.2. The molecule has 0 spiro atoms. The molecule has 0 unspecified atom stereocenters. The zero-order chi connectivity index (χ0) is 17.9. The average Bonchev–Trinajstić information content (AvgIpc) is 2.49. The topological polar surface area (TPSA) is 105 Å². The van der Waals surface area contributed by atoms with Gasteiger partial charge in [-0.25, -0.2) is 4.79 Å². The Bertz CT molecular complexity index is 1020. The number of aryl methyl sites for hydroxylation is 1. The van der Waals surface area contributed by atoms with Gasteiger partial charge in [-0.3, -0.25) is 4.55 Å². The molecule has 2 N–H and O–H groups in total. The molecule has 0 aliphatic carbocycles. The highest BCUT2D eigenvalue weighted by atomic mass is 35.5. The molecule has 0 saturated heterocycles. The van der Waals surface area contributed by atoms with E-state index in [0.29, 0.717) is 16.2 Å². The number of aromatic hydroxyl groups is 1. The third-order valence-electron chi connectivity index (χ3n) is 3.01. The van der Waals surface area contributed by atoms with Crippen LogP contribution in [0.3, 0.4) is 0 Å². The lowest BCUT2D eigenvalue weighted by Crippen LogP contribution is -2.01. The van der Waals surface area contributed by atoms with Crippen molar-refractivity contribution in [3.8, 4) is 5.75 Å². The highest BCUT2D eigenvalue weighted by molar-refractivity contribution is 7.85. The maximum Gasteiger partial charge on any atom is 0.339 e. The van der Waals surface area contributed by atoms with Crippen molar-refractivity contribution in [3.05, 3.63) is 69.5 Å². The van der Waals surface area contributed by atoms with Crippen molar-refractivity contribution in [1.29, 1.82) is 0 Å². The molecule has 8 heteroatoms. The molecule has 6 nitrogen and oxygen atoms in total. The zero-order valence-electron chi connectivity index (χ0n) is 12.4. The monoisotopic (exact) mass is 368 g/mol. The number of halogens is 1. The van der Waals surface area contributed by atoms with Gasteiger partial charge in [0.25, 0.3) is 10.1 Å². The summed E-state index contributed by atoms with van der Waals surface area (Å²) in [6.07, 6.45) is 0. The maximum atomic E-state index is 11.1. The Morgan fingerprint density at radius 1 is 1.04 bits per heavy atom. The number of phenolic OH excluding ortho intramolecular Hbond substituents is 1. The molecule has 3 rings (SSSR count). The van der Waals surface area contributed by atoms with Crippen LogP contribution in [0.5, 0.6) is 5.75 Å². The lowest BCUT2D eigenvalue weighted by atomic mass is 10.2. The fraction of sp³-hybridized carbons (Fsp3) is 0.0625. The summed E-state index contributed by atoms with van der Waals surface area (Å²) in [5.41, 5.74) is 0.617. The first kappa shape index (κ1) is 18.0. The third kappa shape index (κ3) is 4.58. The Hall–Kier alpha value is -2.35. The van der Waals surface area contributed by atoms with E-state index in [1.807, 2.05) is 0 Å². The fourth-order valence-corrected chi connectivity index (χ4v) is 2.42. The van der Waals surface area contributed by atoms with Gasteiger partial charge in [0.2, 0.25) is 0 Å². The molecule has 0 atom stereocenters. The van der Waals surface area contributed by atoms with Crippen LogP contribution in [0.25, 0.3) is 11.0 Å². The van der Waals surface area contributed by atoms with E-state index in [-0.39, 0.29) is 16.3 Å². The van der Waals surface area contributed by atoms with Gasteiger partial charge in [-0.05, 0) is 49.4 Å². The molecule has 3 aromatic rings. The SMILES string of the molecule is Cc1cc2ccc(O)cc2oc1=O.O=S(=O)(O)c1ccc(Cl)cc1. The van der Waals surface area contributed by atoms with Gasteiger partial charge >= 0.3 is 5.63 Å². The van der Waals surface area contributed by atoms with Crippen LogP contribution in [0.2, 0.25) is 5.02 Å². The molecule has 0 saturated carbocycles. The largest absolute Gasteiger partial charge is 0.508 e. The van der Waals surface area contributed by atoms with Crippen molar-refractivity contribution >= 4 is 32.7 Å². The van der Waals surface area contributed by atoms with Crippen LogP contribution in [-0.4, -0.2) is 18.1 Å².